The van der Waals surface area contributed by atoms with Crippen LogP contribution in [0.25, 0.3) is 22.3 Å². The highest BCUT2D eigenvalue weighted by molar-refractivity contribution is 6.30. The van der Waals surface area contributed by atoms with Gasteiger partial charge in [-0.1, -0.05) is 11.6 Å². The normalized spacial score (nSPS) is 10.9. The van der Waals surface area contributed by atoms with E-state index in [4.69, 9.17) is 31.0 Å². The molecule has 4 rings (SSSR count). The minimum Gasteiger partial charge on any atom is -0.493 e. The van der Waals surface area contributed by atoms with Crippen LogP contribution in [0.3, 0.4) is 0 Å². The molecule has 0 saturated heterocycles. The minimum absolute atomic E-state index is 0.614. The Morgan fingerprint density at radius 3 is 2.50 bits per heavy atom. The third-order valence-corrected chi connectivity index (χ3v) is 5.00. The zero-order valence-electron chi connectivity index (χ0n) is 16.8. The third-order valence-electron chi connectivity index (χ3n) is 4.75. The summed E-state index contributed by atoms with van der Waals surface area (Å²) in [7, 11) is 3.23. The summed E-state index contributed by atoms with van der Waals surface area (Å²) in [5.74, 6) is 2.62. The van der Waals surface area contributed by atoms with Gasteiger partial charge in [0.1, 0.15) is 5.82 Å². The van der Waals surface area contributed by atoms with E-state index in [1.807, 2.05) is 53.5 Å². The topological polar surface area (TPSA) is 74.1 Å². The van der Waals surface area contributed by atoms with Crippen LogP contribution >= 0.6 is 11.6 Å². The van der Waals surface area contributed by atoms with Gasteiger partial charge in [-0.2, -0.15) is 0 Å². The van der Waals surface area contributed by atoms with Crippen LogP contribution in [0.5, 0.6) is 11.5 Å². The van der Waals surface area contributed by atoms with Crippen LogP contribution in [-0.2, 0) is 6.54 Å². The summed E-state index contributed by atoms with van der Waals surface area (Å²) in [6.45, 7) is 1.62. The van der Waals surface area contributed by atoms with Crippen molar-refractivity contribution >= 4 is 28.3 Å². The predicted octanol–water partition coefficient (Wildman–Crippen LogP) is 4.67. The van der Waals surface area contributed by atoms with Crippen molar-refractivity contribution in [2.24, 2.45) is 0 Å². The lowest BCUT2D eigenvalue weighted by Gasteiger charge is -2.14. The molecule has 0 aliphatic carbocycles. The number of imidazole rings is 1. The summed E-state index contributed by atoms with van der Waals surface area (Å²) < 4.78 is 13.0. The first-order chi connectivity index (χ1) is 14.7. The average molecular weight is 424 g/mol. The van der Waals surface area contributed by atoms with Crippen LogP contribution in [0.2, 0.25) is 5.02 Å². The molecule has 0 radical (unpaired) electrons. The molecule has 0 aliphatic heterocycles. The first-order valence-electron chi connectivity index (χ1n) is 9.57. The molecule has 0 spiro atoms. The Labute approximate surface area is 179 Å². The van der Waals surface area contributed by atoms with Gasteiger partial charge in [0, 0.05) is 47.5 Å². The van der Waals surface area contributed by atoms with Gasteiger partial charge in [-0.15, -0.1) is 0 Å². The Kier molecular flexibility index (Phi) is 5.99. The lowest BCUT2D eigenvalue weighted by molar-refractivity contribution is 0.356. The minimum atomic E-state index is 0.614. The quantitative estimate of drug-likeness (QED) is 0.415. The van der Waals surface area contributed by atoms with Crippen LogP contribution in [0.15, 0.2) is 55.1 Å². The van der Waals surface area contributed by atoms with Crippen molar-refractivity contribution in [3.05, 3.63) is 60.1 Å². The zero-order valence-corrected chi connectivity index (χ0v) is 17.6. The molecular formula is C22H22ClN5O2. The zero-order chi connectivity index (χ0) is 20.9. The maximum Gasteiger partial charge on any atom is 0.162 e. The number of methoxy groups -OCH3 is 2. The van der Waals surface area contributed by atoms with E-state index in [2.05, 4.69) is 10.3 Å². The Hall–Kier alpha value is -3.32. The Morgan fingerprint density at radius 1 is 1.03 bits per heavy atom. The number of fused-ring (bicyclic) bond motifs is 1. The number of halogens is 1. The lowest BCUT2D eigenvalue weighted by Crippen LogP contribution is -2.08. The molecule has 1 N–H and O–H groups in total. The Morgan fingerprint density at radius 2 is 1.80 bits per heavy atom. The van der Waals surface area contributed by atoms with Gasteiger partial charge < -0.3 is 19.4 Å². The molecule has 0 atom stereocenters. The molecule has 154 valence electrons. The summed E-state index contributed by atoms with van der Waals surface area (Å²) in [4.78, 5) is 13.6. The number of anilines is 1. The molecule has 0 amide bonds. The molecule has 8 heteroatoms. The number of aryl methyl sites for hydroxylation is 1. The van der Waals surface area contributed by atoms with E-state index in [0.29, 0.717) is 22.3 Å². The number of benzene rings is 2. The fraction of sp³-hybridized carbons (Fsp3) is 0.227. The maximum absolute atomic E-state index is 6.04. The summed E-state index contributed by atoms with van der Waals surface area (Å²) in [6, 6.07) is 11.2. The molecule has 0 aliphatic rings. The highest BCUT2D eigenvalue weighted by Gasteiger charge is 2.14. The van der Waals surface area contributed by atoms with Crippen LogP contribution in [0.1, 0.15) is 6.42 Å². The van der Waals surface area contributed by atoms with E-state index in [9.17, 15) is 0 Å². The summed E-state index contributed by atoms with van der Waals surface area (Å²) >= 11 is 6.04. The van der Waals surface area contributed by atoms with Gasteiger partial charge >= 0.3 is 0 Å². The number of hydrogen-bond acceptors (Lipinski definition) is 6. The third kappa shape index (κ3) is 4.31. The largest absolute Gasteiger partial charge is 0.493 e. The molecule has 2 heterocycles. The Balaban J connectivity index is 1.69. The van der Waals surface area contributed by atoms with Gasteiger partial charge in [0.25, 0.3) is 0 Å². The van der Waals surface area contributed by atoms with E-state index < -0.39 is 0 Å². The van der Waals surface area contributed by atoms with E-state index in [1.54, 1.807) is 20.4 Å². The summed E-state index contributed by atoms with van der Waals surface area (Å²) in [5, 5.41) is 4.99. The van der Waals surface area contributed by atoms with Crippen molar-refractivity contribution < 1.29 is 9.47 Å². The molecule has 0 unspecified atom stereocenters. The monoisotopic (exact) mass is 423 g/mol. The summed E-state index contributed by atoms with van der Waals surface area (Å²) in [5.41, 5.74) is 1.65. The van der Waals surface area contributed by atoms with E-state index in [1.165, 1.54) is 0 Å². The lowest BCUT2D eigenvalue weighted by atomic mass is 10.1. The number of rotatable bonds is 8. The predicted molar refractivity (Wildman–Crippen MR) is 118 cm³/mol. The number of ether oxygens (including phenoxy) is 2. The fourth-order valence-electron chi connectivity index (χ4n) is 3.21. The van der Waals surface area contributed by atoms with Crippen molar-refractivity contribution in [2.45, 2.75) is 13.0 Å². The van der Waals surface area contributed by atoms with Gasteiger partial charge in [-0.05, 0) is 36.8 Å². The van der Waals surface area contributed by atoms with Crippen molar-refractivity contribution in [1.82, 2.24) is 19.5 Å². The standard InChI is InChI=1S/C22H22ClN5O2/c1-29-19-12-17-18(13-20(19)30-2)26-21(15-4-6-16(23)7-5-15)27-22(17)25-8-3-10-28-11-9-24-14-28/h4-7,9,11-14H,3,8,10H2,1-2H3,(H,25,26,27). The van der Waals surface area contributed by atoms with Gasteiger partial charge in [-0.3, -0.25) is 0 Å². The van der Waals surface area contributed by atoms with Crippen molar-refractivity contribution in [1.29, 1.82) is 0 Å². The van der Waals surface area contributed by atoms with E-state index >= 15 is 0 Å². The highest BCUT2D eigenvalue weighted by Crippen LogP contribution is 2.35. The van der Waals surface area contributed by atoms with E-state index in [-0.39, 0.29) is 0 Å². The maximum atomic E-state index is 6.04. The number of hydrogen-bond donors (Lipinski definition) is 1. The molecule has 0 bridgehead atoms. The molecule has 2 aromatic heterocycles. The molecule has 7 nitrogen and oxygen atoms in total. The smallest absolute Gasteiger partial charge is 0.162 e. The van der Waals surface area contributed by atoms with Gasteiger partial charge in [-0.25, -0.2) is 15.0 Å². The Bertz CT molecular complexity index is 1130. The summed E-state index contributed by atoms with van der Waals surface area (Å²) in [6.07, 6.45) is 6.47. The first-order valence-corrected chi connectivity index (χ1v) is 9.95. The first kappa shape index (κ1) is 20.0. The molecule has 30 heavy (non-hydrogen) atoms. The van der Waals surface area contributed by atoms with E-state index in [0.717, 1.165) is 41.8 Å². The second kappa shape index (κ2) is 9.00. The van der Waals surface area contributed by atoms with Crippen LogP contribution in [0, 0.1) is 0 Å². The molecule has 2 aromatic carbocycles. The van der Waals surface area contributed by atoms with Gasteiger partial charge in [0.2, 0.25) is 0 Å². The number of nitrogens with one attached hydrogen (secondary N) is 1. The van der Waals surface area contributed by atoms with Gasteiger partial charge in [0.15, 0.2) is 17.3 Å². The van der Waals surface area contributed by atoms with Crippen molar-refractivity contribution in [2.75, 3.05) is 26.1 Å². The highest BCUT2D eigenvalue weighted by atomic mass is 35.5. The van der Waals surface area contributed by atoms with Crippen LogP contribution < -0.4 is 14.8 Å². The number of nitrogens with zero attached hydrogens (tertiary/aromatic N) is 4. The van der Waals surface area contributed by atoms with Crippen molar-refractivity contribution in [3.8, 4) is 22.9 Å². The fourth-order valence-corrected chi connectivity index (χ4v) is 3.33. The second-order valence-electron chi connectivity index (χ2n) is 6.71. The second-order valence-corrected chi connectivity index (χ2v) is 7.14. The van der Waals surface area contributed by atoms with Crippen molar-refractivity contribution in [3.63, 3.8) is 0 Å². The SMILES string of the molecule is COc1cc2nc(-c3ccc(Cl)cc3)nc(NCCCn3ccnc3)c2cc1OC. The molecule has 0 saturated carbocycles. The van der Waals surface area contributed by atoms with Gasteiger partial charge in [0.05, 0.1) is 26.1 Å². The number of aromatic nitrogens is 4. The molecule has 4 aromatic rings. The average Bonchev–Trinajstić information content (AvgIpc) is 3.29. The van der Waals surface area contributed by atoms with Crippen LogP contribution in [0.4, 0.5) is 5.82 Å². The molecule has 0 fully saturated rings. The molecular weight excluding hydrogens is 402 g/mol. The van der Waals surface area contributed by atoms with Crippen LogP contribution in [-0.4, -0.2) is 40.3 Å².